The predicted molar refractivity (Wildman–Crippen MR) is 114 cm³/mol. The van der Waals surface area contributed by atoms with Gasteiger partial charge in [-0.3, -0.25) is 4.99 Å². The topological polar surface area (TPSA) is 121 Å². The molecular weight excluding hydrogens is 504 g/mol. The highest BCUT2D eigenvalue weighted by atomic mass is 32.2. The van der Waals surface area contributed by atoms with Crippen molar-refractivity contribution in [3.05, 3.63) is 65.0 Å². The highest BCUT2D eigenvalue weighted by Crippen LogP contribution is 2.37. The summed E-state index contributed by atoms with van der Waals surface area (Å²) in [5, 5.41) is 34.0. The maximum absolute atomic E-state index is 13.6. The van der Waals surface area contributed by atoms with Gasteiger partial charge in [0, 0.05) is 16.7 Å². The fourth-order valence-electron chi connectivity index (χ4n) is 3.26. The van der Waals surface area contributed by atoms with E-state index in [0.717, 1.165) is 18.3 Å². The van der Waals surface area contributed by atoms with E-state index >= 15 is 0 Å². The number of aliphatic imine (C=N–C) groups is 1. The molecule has 190 valence electrons. The van der Waals surface area contributed by atoms with Crippen molar-refractivity contribution in [3.8, 4) is 0 Å². The van der Waals surface area contributed by atoms with Gasteiger partial charge in [-0.2, -0.15) is 18.3 Å². The Hall–Kier alpha value is -2.65. The van der Waals surface area contributed by atoms with Crippen LogP contribution >= 0.6 is 11.8 Å². The Morgan fingerprint density at radius 3 is 2.31 bits per heavy atom. The van der Waals surface area contributed by atoms with Crippen LogP contribution in [0.15, 0.2) is 51.4 Å². The molecule has 0 bridgehead atoms. The van der Waals surface area contributed by atoms with Crippen molar-refractivity contribution in [1.29, 1.82) is 0 Å². The summed E-state index contributed by atoms with van der Waals surface area (Å²) < 4.78 is 84.8. The number of rotatable bonds is 6. The van der Waals surface area contributed by atoms with Crippen LogP contribution in [0.3, 0.4) is 0 Å². The molecule has 14 heteroatoms. The average Bonchev–Trinajstić information content (AvgIpc) is 2.81. The van der Waals surface area contributed by atoms with E-state index in [2.05, 4.69) is 10.1 Å². The molecule has 3 rings (SSSR count). The average molecular weight is 523 g/mol. The van der Waals surface area contributed by atoms with E-state index in [9.17, 15) is 41.7 Å². The molecule has 2 aromatic rings. The van der Waals surface area contributed by atoms with Gasteiger partial charge in [-0.05, 0) is 30.3 Å². The van der Waals surface area contributed by atoms with Gasteiger partial charge < -0.3 is 25.9 Å². The van der Waals surface area contributed by atoms with E-state index in [1.807, 2.05) is 0 Å². The third kappa shape index (κ3) is 6.13. The van der Waals surface area contributed by atoms with Crippen LogP contribution in [-0.4, -0.2) is 63.6 Å². The van der Waals surface area contributed by atoms with Crippen LogP contribution in [0.4, 0.5) is 26.3 Å². The normalized spacial score (nSPS) is 25.9. The van der Waals surface area contributed by atoms with Crippen molar-refractivity contribution in [2.75, 3.05) is 6.61 Å². The van der Waals surface area contributed by atoms with Crippen molar-refractivity contribution in [2.24, 2.45) is 15.9 Å². The van der Waals surface area contributed by atoms with Crippen molar-refractivity contribution in [3.63, 3.8) is 0 Å². The standard InChI is InChI=1S/C21H19F6N3O4S/c22-12-4-9(5-13(23)16(12)24)14(30-28)7-29-17-18(32)15(8-31)34-20(19(17)33)35-11-3-1-2-10(6-11)21(25,26)27/h1-7,15,17-20,31-33H,8,28H2/t15?,17?,18-,19?,20+/m0/s1. The molecule has 0 amide bonds. The first kappa shape index (κ1) is 26.9. The van der Waals surface area contributed by atoms with Crippen LogP contribution in [0.2, 0.25) is 0 Å². The second-order valence-electron chi connectivity index (χ2n) is 7.39. The third-order valence-electron chi connectivity index (χ3n) is 5.05. The quantitative estimate of drug-likeness (QED) is 0.152. The highest BCUT2D eigenvalue weighted by molar-refractivity contribution is 7.99. The van der Waals surface area contributed by atoms with E-state index in [1.165, 1.54) is 12.1 Å². The molecule has 5 N–H and O–H groups in total. The van der Waals surface area contributed by atoms with Crippen molar-refractivity contribution in [1.82, 2.24) is 0 Å². The Bertz CT molecular complexity index is 1090. The Balaban J connectivity index is 1.86. The number of nitrogens with two attached hydrogens (primary N) is 1. The first-order chi connectivity index (χ1) is 16.5. The third-order valence-corrected chi connectivity index (χ3v) is 6.20. The van der Waals surface area contributed by atoms with Gasteiger partial charge in [-0.25, -0.2) is 13.2 Å². The van der Waals surface area contributed by atoms with Crippen molar-refractivity contribution < 1.29 is 46.4 Å². The molecule has 1 heterocycles. The molecule has 0 saturated carbocycles. The van der Waals surface area contributed by atoms with E-state index < -0.39 is 65.6 Å². The molecule has 0 aromatic heterocycles. The summed E-state index contributed by atoms with van der Waals surface area (Å²) in [5.74, 6) is 0.492. The SMILES string of the molecule is NN=C(C=NC1C(O)[C@@H](Sc2cccc(C(F)(F)F)c2)OC(CO)[C@@H]1O)c1cc(F)c(F)c(F)c1. The lowest BCUT2D eigenvalue weighted by atomic mass is 9.98. The Labute approximate surface area is 198 Å². The zero-order chi connectivity index (χ0) is 25.9. The molecule has 1 aliphatic rings. The molecule has 2 aromatic carbocycles. The molecule has 0 radical (unpaired) electrons. The fourth-order valence-corrected chi connectivity index (χ4v) is 4.38. The second kappa shape index (κ2) is 11.0. The van der Waals surface area contributed by atoms with Gasteiger partial charge in [0.25, 0.3) is 0 Å². The van der Waals surface area contributed by atoms with Gasteiger partial charge in [0.1, 0.15) is 35.5 Å². The second-order valence-corrected chi connectivity index (χ2v) is 8.56. The maximum Gasteiger partial charge on any atom is 0.416 e. The number of ether oxygens (including phenoxy) is 1. The molecular formula is C21H19F6N3O4S. The largest absolute Gasteiger partial charge is 0.416 e. The fraction of sp³-hybridized carbons (Fsp3) is 0.333. The first-order valence-corrected chi connectivity index (χ1v) is 10.8. The van der Waals surface area contributed by atoms with Crippen LogP contribution in [0.25, 0.3) is 0 Å². The number of hydrogen-bond acceptors (Lipinski definition) is 8. The zero-order valence-corrected chi connectivity index (χ0v) is 18.3. The molecule has 1 aliphatic heterocycles. The number of aliphatic hydroxyl groups excluding tert-OH is 3. The zero-order valence-electron chi connectivity index (χ0n) is 17.5. The summed E-state index contributed by atoms with van der Waals surface area (Å²) in [6.07, 6.45) is -8.19. The van der Waals surface area contributed by atoms with Gasteiger partial charge in [-0.1, -0.05) is 17.8 Å². The van der Waals surface area contributed by atoms with E-state index in [1.54, 1.807) is 0 Å². The number of hydrazone groups is 1. The molecule has 5 atom stereocenters. The summed E-state index contributed by atoms with van der Waals surface area (Å²) in [5.41, 5.74) is -2.82. The molecule has 1 fully saturated rings. The number of aliphatic hydroxyl groups is 3. The van der Waals surface area contributed by atoms with Crippen LogP contribution < -0.4 is 5.84 Å². The monoisotopic (exact) mass is 523 g/mol. The van der Waals surface area contributed by atoms with Crippen molar-refractivity contribution in [2.45, 2.75) is 40.9 Å². The molecule has 0 aliphatic carbocycles. The van der Waals surface area contributed by atoms with Crippen LogP contribution in [-0.2, 0) is 10.9 Å². The summed E-state index contributed by atoms with van der Waals surface area (Å²) >= 11 is 0.706. The summed E-state index contributed by atoms with van der Waals surface area (Å²) in [6, 6.07) is 4.03. The van der Waals surface area contributed by atoms with Gasteiger partial charge in [0.05, 0.1) is 12.2 Å². The summed E-state index contributed by atoms with van der Waals surface area (Å²) in [4.78, 5) is 4.05. The number of thioether (sulfide) groups is 1. The molecule has 35 heavy (non-hydrogen) atoms. The van der Waals surface area contributed by atoms with Gasteiger partial charge in [0.15, 0.2) is 17.5 Å². The Kier molecular flexibility index (Phi) is 8.43. The number of hydrogen-bond donors (Lipinski definition) is 4. The lowest BCUT2D eigenvalue weighted by molar-refractivity contribution is -0.159. The predicted octanol–water partition coefficient (Wildman–Crippen LogP) is 2.46. The lowest BCUT2D eigenvalue weighted by Crippen LogP contribution is -2.56. The maximum atomic E-state index is 13.6. The molecule has 3 unspecified atom stereocenters. The molecule has 1 saturated heterocycles. The minimum atomic E-state index is -4.60. The van der Waals surface area contributed by atoms with E-state index in [0.29, 0.717) is 23.9 Å². The smallest absolute Gasteiger partial charge is 0.394 e. The van der Waals surface area contributed by atoms with Gasteiger partial charge in [-0.15, -0.1) is 0 Å². The van der Waals surface area contributed by atoms with E-state index in [4.69, 9.17) is 10.6 Å². The molecule has 7 nitrogen and oxygen atoms in total. The van der Waals surface area contributed by atoms with Gasteiger partial charge >= 0.3 is 6.18 Å². The lowest BCUT2D eigenvalue weighted by Gasteiger charge is -2.40. The molecule has 0 spiro atoms. The van der Waals surface area contributed by atoms with Crippen LogP contribution in [0, 0.1) is 17.5 Å². The summed E-state index contributed by atoms with van der Waals surface area (Å²) in [6.45, 7) is -0.716. The minimum absolute atomic E-state index is 0.0844. The Morgan fingerprint density at radius 1 is 1.09 bits per heavy atom. The van der Waals surface area contributed by atoms with Crippen LogP contribution in [0.5, 0.6) is 0 Å². The Morgan fingerprint density at radius 2 is 1.74 bits per heavy atom. The number of alkyl halides is 3. The highest BCUT2D eigenvalue weighted by Gasteiger charge is 2.44. The number of halogens is 6. The van der Waals surface area contributed by atoms with Gasteiger partial charge in [0.2, 0.25) is 0 Å². The summed E-state index contributed by atoms with van der Waals surface area (Å²) in [7, 11) is 0. The minimum Gasteiger partial charge on any atom is -0.394 e. The van der Waals surface area contributed by atoms with Crippen molar-refractivity contribution >= 4 is 23.7 Å². The number of nitrogens with zero attached hydrogens (tertiary/aromatic N) is 2. The first-order valence-electron chi connectivity index (χ1n) is 9.88. The van der Waals surface area contributed by atoms with Crippen LogP contribution in [0.1, 0.15) is 11.1 Å². The van der Waals surface area contributed by atoms with E-state index in [-0.39, 0.29) is 16.2 Å². The number of benzene rings is 2.